The van der Waals surface area contributed by atoms with Crippen molar-refractivity contribution in [3.8, 4) is 0 Å². The van der Waals surface area contributed by atoms with Crippen molar-refractivity contribution in [2.24, 2.45) is 0 Å². The number of nitrogens with zero attached hydrogens (tertiary/aromatic N) is 2. The molecule has 3 rings (SSSR count). The van der Waals surface area contributed by atoms with Crippen LogP contribution in [-0.4, -0.2) is 53.3 Å². The molecule has 2 atom stereocenters. The first-order valence-corrected chi connectivity index (χ1v) is 8.42. The number of anilines is 1. The van der Waals surface area contributed by atoms with Crippen molar-refractivity contribution < 1.29 is 9.53 Å². The first-order valence-electron chi connectivity index (χ1n) is 8.42. The molecule has 3 heterocycles. The van der Waals surface area contributed by atoms with Crippen LogP contribution in [0.3, 0.4) is 0 Å². The maximum absolute atomic E-state index is 12.3. The summed E-state index contributed by atoms with van der Waals surface area (Å²) in [7, 11) is 0. The number of nitrogens with one attached hydrogen (secondary N) is 2. The van der Waals surface area contributed by atoms with Gasteiger partial charge in [0.05, 0.1) is 30.5 Å². The first kappa shape index (κ1) is 16.1. The normalized spacial score (nSPS) is 27.4. The second kappa shape index (κ2) is 6.74. The average molecular weight is 318 g/mol. The van der Waals surface area contributed by atoms with Gasteiger partial charge in [-0.2, -0.15) is 0 Å². The monoisotopic (exact) mass is 318 g/mol. The molecule has 2 aliphatic rings. The van der Waals surface area contributed by atoms with Crippen molar-refractivity contribution in [3.63, 3.8) is 0 Å². The van der Waals surface area contributed by atoms with Gasteiger partial charge in [0, 0.05) is 31.4 Å². The third-order valence-electron chi connectivity index (χ3n) is 4.48. The van der Waals surface area contributed by atoms with Crippen LogP contribution in [0.15, 0.2) is 24.5 Å². The molecule has 1 aromatic rings. The summed E-state index contributed by atoms with van der Waals surface area (Å²) in [6.45, 7) is 6.13. The van der Waals surface area contributed by atoms with E-state index in [-0.39, 0.29) is 23.7 Å². The van der Waals surface area contributed by atoms with Crippen LogP contribution in [-0.2, 0) is 4.74 Å². The standard InChI is InChI=1S/C17H26N4O2/c1-13(2)19-16(22)21-8-4-6-17(12-21)9-15(11-23-17)20-14-5-3-7-18-10-14/h3,5,7,10,13,15,20H,4,6,8-9,11-12H2,1-2H3,(H,19,22)/t15-,17+/m0/s1. The molecule has 23 heavy (non-hydrogen) atoms. The van der Waals surface area contributed by atoms with Crippen molar-refractivity contribution in [1.82, 2.24) is 15.2 Å². The van der Waals surface area contributed by atoms with Gasteiger partial charge >= 0.3 is 6.03 Å². The fourth-order valence-corrected chi connectivity index (χ4v) is 3.51. The quantitative estimate of drug-likeness (QED) is 0.897. The molecular weight excluding hydrogens is 292 g/mol. The molecule has 1 spiro atoms. The number of rotatable bonds is 3. The van der Waals surface area contributed by atoms with E-state index in [4.69, 9.17) is 4.74 Å². The summed E-state index contributed by atoms with van der Waals surface area (Å²) in [6, 6.07) is 4.39. The molecule has 6 heteroatoms. The summed E-state index contributed by atoms with van der Waals surface area (Å²) >= 11 is 0. The molecule has 0 saturated carbocycles. The number of amides is 2. The Morgan fingerprint density at radius 1 is 1.52 bits per heavy atom. The predicted octanol–water partition coefficient (Wildman–Crippen LogP) is 2.24. The van der Waals surface area contributed by atoms with Gasteiger partial charge in [-0.1, -0.05) is 0 Å². The van der Waals surface area contributed by atoms with E-state index in [1.165, 1.54) is 0 Å². The highest BCUT2D eigenvalue weighted by molar-refractivity contribution is 5.74. The molecule has 0 unspecified atom stereocenters. The average Bonchev–Trinajstić information content (AvgIpc) is 2.90. The summed E-state index contributed by atoms with van der Waals surface area (Å²) in [6.07, 6.45) is 6.53. The lowest BCUT2D eigenvalue weighted by molar-refractivity contribution is -0.0410. The van der Waals surface area contributed by atoms with Gasteiger partial charge in [0.15, 0.2) is 0 Å². The first-order chi connectivity index (χ1) is 11.1. The molecule has 1 aromatic heterocycles. The van der Waals surface area contributed by atoms with Gasteiger partial charge in [-0.3, -0.25) is 4.98 Å². The highest BCUT2D eigenvalue weighted by atomic mass is 16.5. The van der Waals surface area contributed by atoms with Gasteiger partial charge in [0.1, 0.15) is 0 Å². The Labute approximate surface area is 137 Å². The van der Waals surface area contributed by atoms with Crippen molar-refractivity contribution in [1.29, 1.82) is 0 Å². The van der Waals surface area contributed by atoms with Crippen LogP contribution in [0.25, 0.3) is 0 Å². The SMILES string of the molecule is CC(C)NC(=O)N1CCC[C@@]2(C[C@H](Nc3cccnc3)CO2)C1. The number of ether oxygens (including phenoxy) is 1. The zero-order valence-electron chi connectivity index (χ0n) is 13.9. The van der Waals surface area contributed by atoms with Crippen LogP contribution in [0.1, 0.15) is 33.1 Å². The van der Waals surface area contributed by atoms with Crippen LogP contribution in [0.5, 0.6) is 0 Å². The zero-order chi connectivity index (χ0) is 16.3. The van der Waals surface area contributed by atoms with Crippen LogP contribution in [0.2, 0.25) is 0 Å². The number of pyridine rings is 1. The van der Waals surface area contributed by atoms with Gasteiger partial charge < -0.3 is 20.3 Å². The Kier molecular flexibility index (Phi) is 4.71. The molecule has 0 aliphatic carbocycles. The molecule has 6 nitrogen and oxygen atoms in total. The molecule has 2 amide bonds. The van der Waals surface area contributed by atoms with Crippen molar-refractivity contribution in [2.75, 3.05) is 25.0 Å². The number of likely N-dealkylation sites (tertiary alicyclic amines) is 1. The van der Waals surface area contributed by atoms with E-state index in [2.05, 4.69) is 15.6 Å². The molecule has 2 N–H and O–H groups in total. The minimum Gasteiger partial charge on any atom is -0.379 e. The van der Waals surface area contributed by atoms with Gasteiger partial charge in [0.2, 0.25) is 0 Å². The summed E-state index contributed by atoms with van der Waals surface area (Å²) in [5.41, 5.74) is 0.815. The highest BCUT2D eigenvalue weighted by Gasteiger charge is 2.44. The number of urea groups is 1. The largest absolute Gasteiger partial charge is 0.379 e. The van der Waals surface area contributed by atoms with Crippen molar-refractivity contribution >= 4 is 11.7 Å². The molecule has 0 aromatic carbocycles. The van der Waals surface area contributed by atoms with Gasteiger partial charge in [-0.05, 0) is 38.8 Å². The zero-order valence-corrected chi connectivity index (χ0v) is 13.9. The Balaban J connectivity index is 1.58. The van der Waals surface area contributed by atoms with E-state index in [0.717, 1.165) is 31.5 Å². The van der Waals surface area contributed by atoms with E-state index in [1.54, 1.807) is 6.20 Å². The Hall–Kier alpha value is -1.82. The fraction of sp³-hybridized carbons (Fsp3) is 0.647. The van der Waals surface area contributed by atoms with Gasteiger partial charge in [0.25, 0.3) is 0 Å². The summed E-state index contributed by atoms with van der Waals surface area (Å²) in [5, 5.41) is 6.46. The predicted molar refractivity (Wildman–Crippen MR) is 89.4 cm³/mol. The Morgan fingerprint density at radius 2 is 2.39 bits per heavy atom. The summed E-state index contributed by atoms with van der Waals surface area (Å²) in [4.78, 5) is 18.3. The third-order valence-corrected chi connectivity index (χ3v) is 4.48. The van der Waals surface area contributed by atoms with E-state index >= 15 is 0 Å². The second-order valence-corrected chi connectivity index (χ2v) is 6.91. The molecule has 2 aliphatic heterocycles. The highest BCUT2D eigenvalue weighted by Crippen LogP contribution is 2.35. The number of carbonyl (C=O) groups excluding carboxylic acids is 1. The fourth-order valence-electron chi connectivity index (χ4n) is 3.51. The van der Waals surface area contributed by atoms with Gasteiger partial charge in [-0.15, -0.1) is 0 Å². The number of carbonyl (C=O) groups is 1. The van der Waals surface area contributed by atoms with Crippen LogP contribution in [0, 0.1) is 0 Å². The Bertz CT molecular complexity index is 537. The van der Waals surface area contributed by atoms with Crippen LogP contribution < -0.4 is 10.6 Å². The van der Waals surface area contributed by atoms with Crippen molar-refractivity contribution in [2.45, 2.75) is 50.8 Å². The van der Waals surface area contributed by atoms with E-state index in [1.807, 2.05) is 37.1 Å². The second-order valence-electron chi connectivity index (χ2n) is 6.91. The lowest BCUT2D eigenvalue weighted by atomic mass is 9.89. The number of piperidine rings is 1. The molecule has 0 radical (unpaired) electrons. The minimum absolute atomic E-state index is 0.0198. The van der Waals surface area contributed by atoms with Crippen molar-refractivity contribution in [3.05, 3.63) is 24.5 Å². The third kappa shape index (κ3) is 3.93. The Morgan fingerprint density at radius 3 is 3.13 bits per heavy atom. The molecule has 0 bridgehead atoms. The summed E-state index contributed by atoms with van der Waals surface area (Å²) in [5.74, 6) is 0. The van der Waals surface area contributed by atoms with Gasteiger partial charge in [-0.25, -0.2) is 4.79 Å². The maximum Gasteiger partial charge on any atom is 0.317 e. The number of aromatic nitrogens is 1. The lowest BCUT2D eigenvalue weighted by Gasteiger charge is -2.40. The van der Waals surface area contributed by atoms with Crippen LogP contribution in [0.4, 0.5) is 10.5 Å². The molecule has 2 fully saturated rings. The van der Waals surface area contributed by atoms with E-state index in [9.17, 15) is 4.79 Å². The minimum atomic E-state index is -0.202. The topological polar surface area (TPSA) is 66.5 Å². The molecule has 2 saturated heterocycles. The van der Waals surface area contributed by atoms with E-state index in [0.29, 0.717) is 13.2 Å². The number of hydrogen-bond acceptors (Lipinski definition) is 4. The summed E-state index contributed by atoms with van der Waals surface area (Å²) < 4.78 is 6.15. The molecule has 126 valence electrons. The van der Waals surface area contributed by atoms with Crippen LogP contribution >= 0.6 is 0 Å². The smallest absolute Gasteiger partial charge is 0.317 e. The lowest BCUT2D eigenvalue weighted by Crippen LogP contribution is -2.54. The maximum atomic E-state index is 12.3. The molecular formula is C17H26N4O2. The van der Waals surface area contributed by atoms with E-state index < -0.39 is 0 Å². The number of hydrogen-bond donors (Lipinski definition) is 2.